The molecule has 5 nitrogen and oxygen atoms in total. The Morgan fingerprint density at radius 2 is 1.86 bits per heavy atom. The van der Waals surface area contributed by atoms with Gasteiger partial charge in [-0.2, -0.15) is 0 Å². The van der Waals surface area contributed by atoms with E-state index in [2.05, 4.69) is 4.74 Å². The molecule has 0 bridgehead atoms. The maximum atomic E-state index is 10.9. The third-order valence-corrected chi connectivity index (χ3v) is 2.21. The summed E-state index contributed by atoms with van der Waals surface area (Å²) in [5.41, 5.74) is -1.53. The largest absolute Gasteiger partial charge is 0.481 e. The number of ether oxygens (including phenoxy) is 1. The van der Waals surface area contributed by atoms with E-state index in [0.717, 1.165) is 0 Å². The van der Waals surface area contributed by atoms with Crippen molar-refractivity contribution in [1.82, 2.24) is 0 Å². The van der Waals surface area contributed by atoms with Crippen LogP contribution in [-0.2, 0) is 14.3 Å². The normalized spacial score (nSPS) is 14.9. The molecule has 0 saturated heterocycles. The molecule has 0 aromatic carbocycles. The molecule has 0 aromatic heterocycles. The predicted molar refractivity (Wildman–Crippen MR) is 48.7 cm³/mol. The number of carbonyl (C=O) groups is 2. The van der Waals surface area contributed by atoms with Gasteiger partial charge >= 0.3 is 11.9 Å². The minimum absolute atomic E-state index is 0.298. The molecule has 0 aliphatic carbocycles. The lowest BCUT2D eigenvalue weighted by Crippen LogP contribution is -2.40. The molecule has 14 heavy (non-hydrogen) atoms. The number of rotatable bonds is 5. The van der Waals surface area contributed by atoms with E-state index in [-0.39, 0.29) is 12.3 Å². The number of aliphatic hydroxyl groups is 1. The van der Waals surface area contributed by atoms with Gasteiger partial charge in [0.25, 0.3) is 0 Å². The number of esters is 1. The molecule has 2 N–H and O–H groups in total. The molecule has 0 saturated carbocycles. The summed E-state index contributed by atoms with van der Waals surface area (Å²) in [6.07, 6.45) is -0.757. The zero-order valence-electron chi connectivity index (χ0n) is 8.61. The van der Waals surface area contributed by atoms with Crippen molar-refractivity contribution >= 4 is 11.9 Å². The zero-order valence-corrected chi connectivity index (χ0v) is 8.61. The Labute approximate surface area is 82.7 Å². The first-order valence-corrected chi connectivity index (χ1v) is 4.33. The minimum atomic E-state index is -1.53. The van der Waals surface area contributed by atoms with E-state index in [1.54, 1.807) is 13.8 Å². The van der Waals surface area contributed by atoms with Gasteiger partial charge in [0.15, 0.2) is 0 Å². The number of carboxylic acid groups (broad SMARTS) is 1. The van der Waals surface area contributed by atoms with Crippen LogP contribution in [0.25, 0.3) is 0 Å². The Bertz CT molecular complexity index is 223. The zero-order chi connectivity index (χ0) is 11.4. The van der Waals surface area contributed by atoms with E-state index < -0.39 is 24.0 Å². The van der Waals surface area contributed by atoms with Crippen molar-refractivity contribution in [3.8, 4) is 0 Å². The summed E-state index contributed by atoms with van der Waals surface area (Å²) in [7, 11) is 1.20. The number of hydrogen-bond donors (Lipinski definition) is 2. The second-order valence-corrected chi connectivity index (χ2v) is 3.58. The molecule has 0 aliphatic heterocycles. The Kier molecular flexibility index (Phi) is 4.56. The summed E-state index contributed by atoms with van der Waals surface area (Å²) in [5, 5.41) is 18.5. The van der Waals surface area contributed by atoms with Crippen LogP contribution in [0.15, 0.2) is 0 Å². The molecule has 0 aliphatic rings. The fourth-order valence-corrected chi connectivity index (χ4v) is 1.05. The van der Waals surface area contributed by atoms with Gasteiger partial charge in [0.2, 0.25) is 0 Å². The lowest BCUT2D eigenvalue weighted by Gasteiger charge is -2.29. The van der Waals surface area contributed by atoms with E-state index in [0.29, 0.717) is 0 Å². The molecule has 0 spiro atoms. The van der Waals surface area contributed by atoms with Crippen molar-refractivity contribution in [3.05, 3.63) is 0 Å². The van der Waals surface area contributed by atoms with Gasteiger partial charge in [-0.15, -0.1) is 0 Å². The van der Waals surface area contributed by atoms with Gasteiger partial charge in [0.05, 0.1) is 25.6 Å². The van der Waals surface area contributed by atoms with Gasteiger partial charge in [-0.1, -0.05) is 13.8 Å². The fraction of sp³-hybridized carbons (Fsp3) is 0.778. The number of methoxy groups -OCH3 is 1. The topological polar surface area (TPSA) is 83.8 Å². The third-order valence-electron chi connectivity index (χ3n) is 2.21. The smallest absolute Gasteiger partial charge is 0.308 e. The highest BCUT2D eigenvalue weighted by molar-refractivity contribution is 5.73. The molecule has 82 valence electrons. The van der Waals surface area contributed by atoms with Crippen molar-refractivity contribution < 1.29 is 24.5 Å². The van der Waals surface area contributed by atoms with Crippen LogP contribution in [0.2, 0.25) is 0 Å². The van der Waals surface area contributed by atoms with Crippen LogP contribution in [-0.4, -0.2) is 34.9 Å². The van der Waals surface area contributed by atoms with Crippen LogP contribution < -0.4 is 0 Å². The lowest BCUT2D eigenvalue weighted by molar-refractivity contribution is -0.154. The van der Waals surface area contributed by atoms with Crippen molar-refractivity contribution in [2.24, 2.45) is 5.92 Å². The minimum Gasteiger partial charge on any atom is -0.481 e. The summed E-state index contributed by atoms with van der Waals surface area (Å²) >= 11 is 0. The summed E-state index contributed by atoms with van der Waals surface area (Å²) in [4.78, 5) is 21.4. The molecule has 0 amide bonds. The molecule has 0 fully saturated rings. The SMILES string of the molecule is COC(=O)CC(O)(CC(=O)O)C(C)C. The van der Waals surface area contributed by atoms with Crippen LogP contribution in [0.4, 0.5) is 0 Å². The molecule has 0 aromatic rings. The van der Waals surface area contributed by atoms with Crippen LogP contribution in [0, 0.1) is 5.92 Å². The first kappa shape index (κ1) is 12.9. The third kappa shape index (κ3) is 3.74. The average molecular weight is 204 g/mol. The maximum Gasteiger partial charge on any atom is 0.308 e. The molecule has 5 heteroatoms. The summed E-state index contributed by atoms with van der Waals surface area (Å²) in [6.45, 7) is 3.32. The monoisotopic (exact) mass is 204 g/mol. The molecule has 0 radical (unpaired) electrons. The quantitative estimate of drug-likeness (QED) is 0.634. The number of hydrogen-bond acceptors (Lipinski definition) is 4. The lowest BCUT2D eigenvalue weighted by atomic mass is 9.84. The van der Waals surface area contributed by atoms with Gasteiger partial charge in [0.1, 0.15) is 0 Å². The number of carbonyl (C=O) groups excluding carboxylic acids is 1. The standard InChI is InChI=1S/C9H16O5/c1-6(2)9(13,4-7(10)11)5-8(12)14-3/h6,13H,4-5H2,1-3H3,(H,10,11). The first-order chi connectivity index (χ1) is 6.31. The van der Waals surface area contributed by atoms with E-state index in [1.165, 1.54) is 7.11 Å². The Morgan fingerprint density at radius 1 is 1.36 bits per heavy atom. The Balaban J connectivity index is 4.55. The summed E-state index contributed by atoms with van der Waals surface area (Å²) < 4.78 is 4.39. The van der Waals surface area contributed by atoms with Gasteiger partial charge in [-0.3, -0.25) is 9.59 Å². The molecule has 0 rings (SSSR count). The van der Waals surface area contributed by atoms with Gasteiger partial charge in [-0.05, 0) is 5.92 Å². The Hall–Kier alpha value is -1.10. The fourth-order valence-electron chi connectivity index (χ4n) is 1.05. The predicted octanol–water partition coefficient (Wildman–Crippen LogP) is 0.411. The van der Waals surface area contributed by atoms with E-state index in [9.17, 15) is 14.7 Å². The molecule has 0 heterocycles. The molecular formula is C9H16O5. The van der Waals surface area contributed by atoms with Crippen molar-refractivity contribution in [1.29, 1.82) is 0 Å². The highest BCUT2D eigenvalue weighted by Crippen LogP contribution is 2.25. The van der Waals surface area contributed by atoms with Crippen LogP contribution in [0.3, 0.4) is 0 Å². The van der Waals surface area contributed by atoms with E-state index >= 15 is 0 Å². The number of carboxylic acids is 1. The average Bonchev–Trinajstić information content (AvgIpc) is 2.02. The van der Waals surface area contributed by atoms with Gasteiger partial charge in [0, 0.05) is 0 Å². The van der Waals surface area contributed by atoms with Crippen molar-refractivity contribution in [2.45, 2.75) is 32.3 Å². The summed E-state index contributed by atoms with van der Waals surface area (Å²) in [6, 6.07) is 0. The van der Waals surface area contributed by atoms with Crippen LogP contribution >= 0.6 is 0 Å². The second kappa shape index (κ2) is 4.95. The van der Waals surface area contributed by atoms with Crippen LogP contribution in [0.5, 0.6) is 0 Å². The van der Waals surface area contributed by atoms with Crippen molar-refractivity contribution in [2.75, 3.05) is 7.11 Å². The molecular weight excluding hydrogens is 188 g/mol. The first-order valence-electron chi connectivity index (χ1n) is 4.33. The van der Waals surface area contributed by atoms with E-state index in [1.807, 2.05) is 0 Å². The Morgan fingerprint density at radius 3 is 2.14 bits per heavy atom. The molecule has 1 atom stereocenters. The van der Waals surface area contributed by atoms with Gasteiger partial charge in [-0.25, -0.2) is 0 Å². The second-order valence-electron chi connectivity index (χ2n) is 3.58. The number of aliphatic carboxylic acids is 1. The van der Waals surface area contributed by atoms with Crippen LogP contribution in [0.1, 0.15) is 26.7 Å². The molecule has 1 unspecified atom stereocenters. The van der Waals surface area contributed by atoms with E-state index in [4.69, 9.17) is 5.11 Å². The summed E-state index contributed by atoms with van der Waals surface area (Å²) in [5.74, 6) is -2.06. The highest BCUT2D eigenvalue weighted by Gasteiger charge is 2.36. The van der Waals surface area contributed by atoms with Gasteiger partial charge < -0.3 is 14.9 Å². The highest BCUT2D eigenvalue weighted by atomic mass is 16.5. The maximum absolute atomic E-state index is 10.9. The van der Waals surface area contributed by atoms with Crippen molar-refractivity contribution in [3.63, 3.8) is 0 Å².